The second kappa shape index (κ2) is 6.36. The molecule has 1 aliphatic carbocycles. The predicted octanol–water partition coefficient (Wildman–Crippen LogP) is 1.99. The number of likely N-dealkylation sites (tertiary alicyclic amines) is 1. The van der Waals surface area contributed by atoms with Crippen LogP contribution in [0.4, 0.5) is 0 Å². The largest absolute Gasteiger partial charge is 0.395 e. The minimum Gasteiger partial charge on any atom is -0.395 e. The number of nitrogens with two attached hydrogens (primary N) is 1. The second-order valence-electron chi connectivity index (χ2n) is 6.56. The molecule has 0 aromatic rings. The summed E-state index contributed by atoms with van der Waals surface area (Å²) < 4.78 is 0. The van der Waals surface area contributed by atoms with Gasteiger partial charge < -0.3 is 10.8 Å². The van der Waals surface area contributed by atoms with Gasteiger partial charge in [0.2, 0.25) is 0 Å². The van der Waals surface area contributed by atoms with Crippen molar-refractivity contribution in [2.45, 2.75) is 70.5 Å². The standard InChI is InChI=1S/C15H30N2O/c1-11(2)15(16)14(10-18)17-9-5-7-12-6-3-4-8-13(12)17/h11-15,18H,3-10,16H2,1-2H3. The monoisotopic (exact) mass is 254 g/mol. The lowest BCUT2D eigenvalue weighted by atomic mass is 9.77. The van der Waals surface area contributed by atoms with E-state index in [0.717, 1.165) is 12.5 Å². The third-order valence-corrected chi connectivity index (χ3v) is 5.11. The molecule has 2 fully saturated rings. The molecule has 3 heteroatoms. The Morgan fingerprint density at radius 3 is 2.50 bits per heavy atom. The van der Waals surface area contributed by atoms with E-state index in [4.69, 9.17) is 5.73 Å². The van der Waals surface area contributed by atoms with Crippen LogP contribution in [0.1, 0.15) is 52.4 Å². The van der Waals surface area contributed by atoms with Crippen LogP contribution in [-0.2, 0) is 0 Å². The van der Waals surface area contributed by atoms with E-state index in [9.17, 15) is 5.11 Å². The summed E-state index contributed by atoms with van der Waals surface area (Å²) in [5.41, 5.74) is 6.32. The van der Waals surface area contributed by atoms with E-state index < -0.39 is 0 Å². The van der Waals surface area contributed by atoms with Gasteiger partial charge in [0.05, 0.1) is 6.61 Å². The highest BCUT2D eigenvalue weighted by Gasteiger charge is 2.38. The fourth-order valence-corrected chi connectivity index (χ4v) is 3.97. The summed E-state index contributed by atoms with van der Waals surface area (Å²) >= 11 is 0. The number of rotatable bonds is 4. The molecule has 1 saturated heterocycles. The topological polar surface area (TPSA) is 49.5 Å². The lowest BCUT2D eigenvalue weighted by Gasteiger charge is -2.49. The van der Waals surface area contributed by atoms with E-state index in [1.807, 2.05) is 0 Å². The molecule has 0 radical (unpaired) electrons. The second-order valence-corrected chi connectivity index (χ2v) is 6.56. The third kappa shape index (κ3) is 2.89. The zero-order chi connectivity index (χ0) is 13.1. The molecular formula is C15H30N2O. The van der Waals surface area contributed by atoms with Crippen LogP contribution in [0.25, 0.3) is 0 Å². The van der Waals surface area contributed by atoms with Crippen LogP contribution in [0.15, 0.2) is 0 Å². The number of hydrogen-bond acceptors (Lipinski definition) is 3. The molecule has 3 N–H and O–H groups in total. The summed E-state index contributed by atoms with van der Waals surface area (Å²) in [6, 6.07) is 0.945. The van der Waals surface area contributed by atoms with Crippen LogP contribution in [0, 0.1) is 11.8 Å². The first-order chi connectivity index (χ1) is 8.65. The molecule has 0 spiro atoms. The molecule has 0 bridgehead atoms. The molecule has 3 nitrogen and oxygen atoms in total. The van der Waals surface area contributed by atoms with Gasteiger partial charge in [0.1, 0.15) is 0 Å². The summed E-state index contributed by atoms with van der Waals surface area (Å²) in [5.74, 6) is 1.30. The van der Waals surface area contributed by atoms with Crippen molar-refractivity contribution in [3.05, 3.63) is 0 Å². The van der Waals surface area contributed by atoms with Crippen molar-refractivity contribution in [2.24, 2.45) is 17.6 Å². The summed E-state index contributed by atoms with van der Waals surface area (Å²) in [6.45, 7) is 5.67. The Hall–Kier alpha value is -0.120. The molecule has 0 aromatic carbocycles. The molecule has 2 rings (SSSR count). The average Bonchev–Trinajstić information content (AvgIpc) is 2.39. The lowest BCUT2D eigenvalue weighted by Crippen LogP contribution is -2.59. The summed E-state index contributed by atoms with van der Waals surface area (Å²) in [6.07, 6.45) is 8.11. The first-order valence-electron chi connectivity index (χ1n) is 7.77. The number of piperidine rings is 1. The fraction of sp³-hybridized carbons (Fsp3) is 1.00. The molecule has 0 amide bonds. The van der Waals surface area contributed by atoms with Gasteiger partial charge in [0.15, 0.2) is 0 Å². The predicted molar refractivity (Wildman–Crippen MR) is 75.4 cm³/mol. The molecular weight excluding hydrogens is 224 g/mol. The van der Waals surface area contributed by atoms with Crippen LogP contribution in [0.5, 0.6) is 0 Å². The van der Waals surface area contributed by atoms with E-state index >= 15 is 0 Å². The van der Waals surface area contributed by atoms with Crippen molar-refractivity contribution in [3.8, 4) is 0 Å². The van der Waals surface area contributed by atoms with Crippen molar-refractivity contribution in [1.82, 2.24) is 4.90 Å². The lowest BCUT2D eigenvalue weighted by molar-refractivity contribution is -0.00933. The Kier molecular flexibility index (Phi) is 5.05. The maximum Gasteiger partial charge on any atom is 0.0602 e. The van der Waals surface area contributed by atoms with Gasteiger partial charge in [-0.05, 0) is 44.1 Å². The molecule has 1 heterocycles. The van der Waals surface area contributed by atoms with Gasteiger partial charge in [-0.2, -0.15) is 0 Å². The molecule has 4 unspecified atom stereocenters. The van der Waals surface area contributed by atoms with E-state index in [-0.39, 0.29) is 18.7 Å². The Balaban J connectivity index is 2.08. The summed E-state index contributed by atoms with van der Waals surface area (Å²) in [7, 11) is 0. The first kappa shape index (κ1) is 14.3. The van der Waals surface area contributed by atoms with Gasteiger partial charge in [0.25, 0.3) is 0 Å². The van der Waals surface area contributed by atoms with Gasteiger partial charge in [-0.15, -0.1) is 0 Å². The smallest absolute Gasteiger partial charge is 0.0602 e. The molecule has 4 atom stereocenters. The number of aliphatic hydroxyl groups is 1. The van der Waals surface area contributed by atoms with Crippen molar-refractivity contribution in [2.75, 3.05) is 13.2 Å². The quantitative estimate of drug-likeness (QED) is 0.806. The minimum absolute atomic E-state index is 0.0932. The zero-order valence-electron chi connectivity index (χ0n) is 12.0. The van der Waals surface area contributed by atoms with E-state index in [1.165, 1.54) is 38.5 Å². The number of nitrogens with zero attached hydrogens (tertiary/aromatic N) is 1. The summed E-state index contributed by atoms with van der Waals surface area (Å²) in [5, 5.41) is 9.77. The molecule has 106 valence electrons. The first-order valence-corrected chi connectivity index (χ1v) is 7.77. The highest BCUT2D eigenvalue weighted by atomic mass is 16.3. The van der Waals surface area contributed by atoms with Gasteiger partial charge in [0, 0.05) is 18.1 Å². The van der Waals surface area contributed by atoms with E-state index in [0.29, 0.717) is 12.0 Å². The maximum atomic E-state index is 9.77. The fourth-order valence-electron chi connectivity index (χ4n) is 3.97. The van der Waals surface area contributed by atoms with E-state index in [1.54, 1.807) is 0 Å². The number of aliphatic hydroxyl groups excluding tert-OH is 1. The Morgan fingerprint density at radius 1 is 1.17 bits per heavy atom. The molecule has 0 aromatic heterocycles. The van der Waals surface area contributed by atoms with Gasteiger partial charge in [-0.3, -0.25) is 4.90 Å². The van der Waals surface area contributed by atoms with Crippen molar-refractivity contribution < 1.29 is 5.11 Å². The van der Waals surface area contributed by atoms with Crippen LogP contribution in [0.3, 0.4) is 0 Å². The highest BCUT2D eigenvalue weighted by molar-refractivity contribution is 4.94. The van der Waals surface area contributed by atoms with Gasteiger partial charge in [-0.25, -0.2) is 0 Å². The number of hydrogen-bond donors (Lipinski definition) is 2. The van der Waals surface area contributed by atoms with Crippen molar-refractivity contribution >= 4 is 0 Å². The van der Waals surface area contributed by atoms with E-state index in [2.05, 4.69) is 18.7 Å². The van der Waals surface area contributed by atoms with Crippen LogP contribution < -0.4 is 5.73 Å². The zero-order valence-corrected chi connectivity index (χ0v) is 12.0. The maximum absolute atomic E-state index is 9.77. The van der Waals surface area contributed by atoms with Crippen LogP contribution >= 0.6 is 0 Å². The average molecular weight is 254 g/mol. The van der Waals surface area contributed by atoms with Gasteiger partial charge >= 0.3 is 0 Å². The van der Waals surface area contributed by atoms with Crippen LogP contribution in [0.2, 0.25) is 0 Å². The minimum atomic E-state index is 0.0932. The normalized spacial score (nSPS) is 33.2. The molecule has 2 aliphatic rings. The molecule has 1 saturated carbocycles. The SMILES string of the molecule is CC(C)C(N)C(CO)N1CCCC2CCCCC21. The van der Waals surface area contributed by atoms with Gasteiger partial charge in [-0.1, -0.05) is 26.7 Å². The summed E-state index contributed by atoms with van der Waals surface area (Å²) in [4.78, 5) is 2.55. The molecule has 18 heavy (non-hydrogen) atoms. The van der Waals surface area contributed by atoms with Crippen molar-refractivity contribution in [1.29, 1.82) is 0 Å². The van der Waals surface area contributed by atoms with Crippen molar-refractivity contribution in [3.63, 3.8) is 0 Å². The highest BCUT2D eigenvalue weighted by Crippen LogP contribution is 2.36. The Bertz CT molecular complexity index is 255. The molecule has 1 aliphatic heterocycles. The number of fused-ring (bicyclic) bond motifs is 1. The Morgan fingerprint density at radius 2 is 1.83 bits per heavy atom. The third-order valence-electron chi connectivity index (χ3n) is 5.11. The Labute approximate surface area is 112 Å². The van der Waals surface area contributed by atoms with Crippen LogP contribution in [-0.4, -0.2) is 41.3 Å².